The second kappa shape index (κ2) is 7.62. The molecule has 2 atom stereocenters. The Morgan fingerprint density at radius 3 is 2.28 bits per heavy atom. The Balaban J connectivity index is 0.00000289. The molecule has 102 valence electrons. The minimum atomic E-state index is -0.160. The molecular formula is C13H20Cl2N2O. The van der Waals surface area contributed by atoms with Gasteiger partial charge in [-0.05, 0) is 24.6 Å². The van der Waals surface area contributed by atoms with Crippen molar-refractivity contribution in [1.82, 2.24) is 4.90 Å². The summed E-state index contributed by atoms with van der Waals surface area (Å²) in [6, 6.07) is 7.36. The summed E-state index contributed by atoms with van der Waals surface area (Å²) in [5.41, 5.74) is 6.78. The van der Waals surface area contributed by atoms with Crippen molar-refractivity contribution in [2.45, 2.75) is 26.4 Å². The molecule has 2 N–H and O–H groups in total. The lowest BCUT2D eigenvalue weighted by molar-refractivity contribution is -0.134. The van der Waals surface area contributed by atoms with Gasteiger partial charge in [0.25, 0.3) is 0 Å². The summed E-state index contributed by atoms with van der Waals surface area (Å²) >= 11 is 5.81. The van der Waals surface area contributed by atoms with Gasteiger partial charge in [-0.25, -0.2) is 0 Å². The van der Waals surface area contributed by atoms with Crippen LogP contribution in [0.1, 0.15) is 19.4 Å². The third kappa shape index (κ3) is 4.84. The van der Waals surface area contributed by atoms with Gasteiger partial charge in [0.1, 0.15) is 0 Å². The van der Waals surface area contributed by atoms with Crippen LogP contribution in [0.15, 0.2) is 24.3 Å². The van der Waals surface area contributed by atoms with Crippen molar-refractivity contribution in [3.63, 3.8) is 0 Å². The van der Waals surface area contributed by atoms with E-state index in [0.29, 0.717) is 11.6 Å². The molecule has 0 aliphatic rings. The summed E-state index contributed by atoms with van der Waals surface area (Å²) in [4.78, 5) is 13.7. The van der Waals surface area contributed by atoms with Gasteiger partial charge in [-0.3, -0.25) is 4.79 Å². The van der Waals surface area contributed by atoms with Crippen LogP contribution in [0, 0.1) is 5.92 Å². The number of halogens is 2. The molecule has 0 aliphatic heterocycles. The SMILES string of the molecule is CC(N)C(C)C(=O)N(C)Cc1ccc(Cl)cc1.Cl. The molecule has 1 rings (SSSR count). The minimum Gasteiger partial charge on any atom is -0.341 e. The fourth-order valence-corrected chi connectivity index (χ4v) is 1.64. The van der Waals surface area contributed by atoms with Crippen LogP contribution in [0.5, 0.6) is 0 Å². The molecule has 3 nitrogen and oxygen atoms in total. The first-order valence-electron chi connectivity index (χ1n) is 5.67. The van der Waals surface area contributed by atoms with E-state index < -0.39 is 0 Å². The predicted octanol–water partition coefficient (Wildman–Crippen LogP) is 2.70. The van der Waals surface area contributed by atoms with Crippen molar-refractivity contribution >= 4 is 29.9 Å². The lowest BCUT2D eigenvalue weighted by Gasteiger charge is -2.23. The number of benzene rings is 1. The van der Waals surface area contributed by atoms with Crippen molar-refractivity contribution in [3.05, 3.63) is 34.9 Å². The fourth-order valence-electron chi connectivity index (χ4n) is 1.51. The number of carbonyl (C=O) groups is 1. The third-order valence-corrected chi connectivity index (χ3v) is 3.14. The van der Waals surface area contributed by atoms with Crippen LogP contribution >= 0.6 is 24.0 Å². The van der Waals surface area contributed by atoms with Gasteiger partial charge < -0.3 is 10.6 Å². The maximum atomic E-state index is 12.0. The van der Waals surface area contributed by atoms with E-state index in [-0.39, 0.29) is 30.3 Å². The highest BCUT2D eigenvalue weighted by molar-refractivity contribution is 6.30. The molecule has 1 aromatic rings. The Bertz CT molecular complexity index is 379. The Hall–Kier alpha value is -0.770. The highest BCUT2D eigenvalue weighted by Crippen LogP contribution is 2.12. The van der Waals surface area contributed by atoms with E-state index in [4.69, 9.17) is 17.3 Å². The maximum Gasteiger partial charge on any atom is 0.226 e. The van der Waals surface area contributed by atoms with Gasteiger partial charge >= 0.3 is 0 Å². The summed E-state index contributed by atoms with van der Waals surface area (Å²) in [7, 11) is 1.79. The van der Waals surface area contributed by atoms with Crippen LogP contribution in [0.25, 0.3) is 0 Å². The third-order valence-electron chi connectivity index (χ3n) is 2.89. The largest absolute Gasteiger partial charge is 0.341 e. The lowest BCUT2D eigenvalue weighted by Crippen LogP contribution is -2.39. The number of nitrogens with two attached hydrogens (primary N) is 1. The van der Waals surface area contributed by atoms with E-state index in [0.717, 1.165) is 5.56 Å². The summed E-state index contributed by atoms with van der Waals surface area (Å²) < 4.78 is 0. The van der Waals surface area contributed by atoms with E-state index in [2.05, 4.69) is 0 Å². The first kappa shape index (κ1) is 17.2. The number of nitrogens with zero attached hydrogens (tertiary/aromatic N) is 1. The van der Waals surface area contributed by atoms with Crippen LogP contribution in [0.2, 0.25) is 5.02 Å². The highest BCUT2D eigenvalue weighted by Gasteiger charge is 2.20. The molecule has 0 bridgehead atoms. The fraction of sp³-hybridized carbons (Fsp3) is 0.462. The molecule has 0 saturated carbocycles. The van der Waals surface area contributed by atoms with Crippen molar-refractivity contribution < 1.29 is 4.79 Å². The number of rotatable bonds is 4. The molecule has 0 spiro atoms. The minimum absolute atomic E-state index is 0. The quantitative estimate of drug-likeness (QED) is 0.927. The maximum absolute atomic E-state index is 12.0. The molecule has 0 aromatic heterocycles. The van der Waals surface area contributed by atoms with Gasteiger partial charge in [0, 0.05) is 24.7 Å². The molecule has 1 aromatic carbocycles. The number of hydrogen-bond donors (Lipinski definition) is 1. The van der Waals surface area contributed by atoms with Gasteiger partial charge in [-0.1, -0.05) is 30.7 Å². The van der Waals surface area contributed by atoms with E-state index in [1.807, 2.05) is 38.1 Å². The molecule has 2 unspecified atom stereocenters. The average Bonchev–Trinajstić information content (AvgIpc) is 2.30. The van der Waals surface area contributed by atoms with Crippen LogP contribution in [-0.4, -0.2) is 23.9 Å². The van der Waals surface area contributed by atoms with Crippen LogP contribution in [-0.2, 0) is 11.3 Å². The molecule has 0 heterocycles. The zero-order valence-electron chi connectivity index (χ0n) is 10.9. The molecule has 0 aliphatic carbocycles. The van der Waals surface area contributed by atoms with Gasteiger partial charge in [-0.15, -0.1) is 12.4 Å². The molecule has 5 heteroatoms. The van der Waals surface area contributed by atoms with Crippen LogP contribution < -0.4 is 5.73 Å². The average molecular weight is 291 g/mol. The molecule has 1 amide bonds. The normalized spacial score (nSPS) is 13.4. The van der Waals surface area contributed by atoms with Crippen molar-refractivity contribution in [2.75, 3.05) is 7.05 Å². The summed E-state index contributed by atoms with van der Waals surface area (Å²) in [6.07, 6.45) is 0. The summed E-state index contributed by atoms with van der Waals surface area (Å²) in [5.74, 6) is -0.0951. The lowest BCUT2D eigenvalue weighted by atomic mass is 10.0. The zero-order chi connectivity index (χ0) is 13.0. The molecule has 0 radical (unpaired) electrons. The van der Waals surface area contributed by atoms with Gasteiger partial charge in [0.05, 0.1) is 5.92 Å². The Morgan fingerprint density at radius 2 is 1.83 bits per heavy atom. The Labute approximate surface area is 120 Å². The van der Waals surface area contributed by atoms with Gasteiger partial charge in [-0.2, -0.15) is 0 Å². The Morgan fingerprint density at radius 1 is 1.33 bits per heavy atom. The number of carbonyl (C=O) groups excluding carboxylic acids is 1. The van der Waals surface area contributed by atoms with E-state index in [1.165, 1.54) is 0 Å². The van der Waals surface area contributed by atoms with Crippen LogP contribution in [0.3, 0.4) is 0 Å². The van der Waals surface area contributed by atoms with E-state index in [9.17, 15) is 4.79 Å². The Kier molecular flexibility index (Phi) is 7.29. The van der Waals surface area contributed by atoms with Crippen molar-refractivity contribution in [2.24, 2.45) is 11.7 Å². The first-order chi connectivity index (χ1) is 7.91. The summed E-state index contributed by atoms with van der Waals surface area (Å²) in [6.45, 7) is 4.27. The standard InChI is InChI=1S/C13H19ClN2O.ClH/c1-9(10(2)15)13(17)16(3)8-11-4-6-12(14)7-5-11;/h4-7,9-10H,8,15H2,1-3H3;1H. The van der Waals surface area contributed by atoms with Crippen molar-refractivity contribution in [3.8, 4) is 0 Å². The second-order valence-electron chi connectivity index (χ2n) is 4.47. The molecule has 0 saturated heterocycles. The second-order valence-corrected chi connectivity index (χ2v) is 4.90. The predicted molar refractivity (Wildman–Crippen MR) is 78.0 cm³/mol. The summed E-state index contributed by atoms with van der Waals surface area (Å²) in [5, 5.41) is 0.701. The van der Waals surface area contributed by atoms with Crippen LogP contribution in [0.4, 0.5) is 0 Å². The first-order valence-corrected chi connectivity index (χ1v) is 6.04. The van der Waals surface area contributed by atoms with E-state index >= 15 is 0 Å². The number of amides is 1. The highest BCUT2D eigenvalue weighted by atomic mass is 35.5. The van der Waals surface area contributed by atoms with E-state index in [1.54, 1.807) is 11.9 Å². The topological polar surface area (TPSA) is 46.3 Å². The smallest absolute Gasteiger partial charge is 0.226 e. The molecule has 18 heavy (non-hydrogen) atoms. The molecular weight excluding hydrogens is 271 g/mol. The zero-order valence-corrected chi connectivity index (χ0v) is 12.5. The van der Waals surface area contributed by atoms with Crippen molar-refractivity contribution in [1.29, 1.82) is 0 Å². The number of hydrogen-bond acceptors (Lipinski definition) is 2. The van der Waals surface area contributed by atoms with Gasteiger partial charge in [0.15, 0.2) is 0 Å². The monoisotopic (exact) mass is 290 g/mol. The van der Waals surface area contributed by atoms with Gasteiger partial charge in [0.2, 0.25) is 5.91 Å². The molecule has 0 fully saturated rings.